The van der Waals surface area contributed by atoms with Crippen LogP contribution in [-0.2, 0) is 59.3 Å². The summed E-state index contributed by atoms with van der Waals surface area (Å²) in [7, 11) is 1.29. The molecule has 81 heavy (non-hydrogen) atoms. The minimum absolute atomic E-state index is 0.0307. The zero-order valence-corrected chi connectivity index (χ0v) is 44.6. The third-order valence-electron chi connectivity index (χ3n) is 14.8. The van der Waals surface area contributed by atoms with Crippen LogP contribution in [0.3, 0.4) is 0 Å². The van der Waals surface area contributed by atoms with Crippen molar-refractivity contribution in [3.63, 3.8) is 0 Å². The van der Waals surface area contributed by atoms with Crippen LogP contribution in [0.1, 0.15) is 105 Å². The zero-order chi connectivity index (χ0) is 58.1. The van der Waals surface area contributed by atoms with Crippen LogP contribution in [0.5, 0.6) is 17.2 Å². The Morgan fingerprint density at radius 3 is 2.09 bits per heavy atom. The van der Waals surface area contributed by atoms with E-state index in [2.05, 4.69) is 21.3 Å². The first-order valence-electron chi connectivity index (χ1n) is 26.5. The molecule has 1 saturated heterocycles. The minimum Gasteiger partial charge on any atom is -0.507 e. The number of phenols is 2. The molecule has 3 aliphatic rings. The molecule has 22 heteroatoms. The standard InChI is InChI=1S/C59H66N6O16/c1-31-50(68)40(26-45(80-31)81-43-28-59(77,44(67)29-66)27-37-47(43)54(72)49-48(52(37)70)51(69)36-16-11-18-42(78-2)46(36)53(49)71)65-58(76)79-30-34-19-21-35(22-20-34)62-56(74)39(17-9-10-23-60)63-57(75)41(25-33-14-7-4-8-15-33)64-55(73)38(61)24-32-12-5-3-6-13-32/h3-8,11-16,18-22,31,38-41,43,45,50,66,68,70,72,77H,9-10,17,23-30,60-61H2,1-2H3,(H,62,74)(H,63,75)(H,64,73)(H,65,76)/t31?,38-,39?,40?,41+,43?,45?,50?,59?/m1/s1. The van der Waals surface area contributed by atoms with Crippen LogP contribution in [0.2, 0.25) is 0 Å². The van der Waals surface area contributed by atoms with E-state index >= 15 is 0 Å². The Morgan fingerprint density at radius 2 is 1.43 bits per heavy atom. The number of alkyl carbamates (subject to hydrolysis) is 1. The van der Waals surface area contributed by atoms with Gasteiger partial charge in [-0.3, -0.25) is 28.8 Å². The summed E-state index contributed by atoms with van der Waals surface area (Å²) in [4.78, 5) is 95.6. The number of hydrogen-bond donors (Lipinski definition) is 11. The molecule has 4 amide bonds. The summed E-state index contributed by atoms with van der Waals surface area (Å²) in [5, 5.41) is 67.4. The van der Waals surface area contributed by atoms with Crippen molar-refractivity contribution in [3.8, 4) is 17.2 Å². The van der Waals surface area contributed by atoms with Gasteiger partial charge in [-0.2, -0.15) is 0 Å². The average Bonchev–Trinajstić information content (AvgIpc) is 3.61. The van der Waals surface area contributed by atoms with E-state index in [1.807, 2.05) is 60.7 Å². The number of aliphatic hydroxyl groups is 3. The topological polar surface area (TPSA) is 358 Å². The number of ketones is 3. The minimum atomic E-state index is -2.41. The Hall–Kier alpha value is -8.09. The summed E-state index contributed by atoms with van der Waals surface area (Å²) in [6.45, 7) is 0.462. The lowest BCUT2D eigenvalue weighted by Gasteiger charge is -2.42. The number of amides is 4. The maximum Gasteiger partial charge on any atom is 0.407 e. The second-order valence-corrected chi connectivity index (χ2v) is 20.4. The number of unbranched alkanes of at least 4 members (excludes halogenated alkanes) is 1. The third-order valence-corrected chi connectivity index (χ3v) is 14.8. The smallest absolute Gasteiger partial charge is 0.407 e. The van der Waals surface area contributed by atoms with Crippen LogP contribution in [-0.4, -0.2) is 135 Å². The molecule has 22 nitrogen and oxygen atoms in total. The van der Waals surface area contributed by atoms with Gasteiger partial charge in [0.15, 0.2) is 17.9 Å². The van der Waals surface area contributed by atoms with Crippen molar-refractivity contribution in [1.82, 2.24) is 16.0 Å². The number of carbonyl (C=O) groups is 7. The van der Waals surface area contributed by atoms with Crippen LogP contribution in [0.25, 0.3) is 0 Å². The second-order valence-electron chi connectivity index (χ2n) is 20.4. The van der Waals surface area contributed by atoms with Crippen molar-refractivity contribution in [1.29, 1.82) is 0 Å². The number of carbonyl (C=O) groups excluding carboxylic acids is 7. The number of rotatable bonds is 22. The van der Waals surface area contributed by atoms with E-state index in [1.165, 1.54) is 32.2 Å². The van der Waals surface area contributed by atoms with Gasteiger partial charge in [-0.25, -0.2) is 4.79 Å². The molecule has 0 aromatic heterocycles. The molecule has 8 rings (SSSR count). The van der Waals surface area contributed by atoms with Gasteiger partial charge in [0, 0.05) is 48.1 Å². The van der Waals surface area contributed by atoms with Gasteiger partial charge in [-0.05, 0) is 74.0 Å². The second kappa shape index (κ2) is 26.0. The highest BCUT2D eigenvalue weighted by Crippen LogP contribution is 2.52. The lowest BCUT2D eigenvalue weighted by atomic mass is 9.72. The van der Waals surface area contributed by atoms with Gasteiger partial charge < -0.3 is 77.2 Å². The van der Waals surface area contributed by atoms with Crippen molar-refractivity contribution in [2.24, 2.45) is 11.5 Å². The lowest BCUT2D eigenvalue weighted by molar-refractivity contribution is -0.249. The number of hydrogen-bond acceptors (Lipinski definition) is 18. The first kappa shape index (κ1) is 59.0. The van der Waals surface area contributed by atoms with Gasteiger partial charge in [0.2, 0.25) is 23.5 Å². The highest BCUT2D eigenvalue weighted by Gasteiger charge is 2.50. The van der Waals surface area contributed by atoms with Crippen LogP contribution in [0.4, 0.5) is 10.5 Å². The summed E-state index contributed by atoms with van der Waals surface area (Å²) in [6.07, 6.45) is -6.09. The predicted molar refractivity (Wildman–Crippen MR) is 291 cm³/mol. The van der Waals surface area contributed by atoms with E-state index in [0.717, 1.165) is 11.1 Å². The predicted octanol–water partition coefficient (Wildman–Crippen LogP) is 2.82. The van der Waals surface area contributed by atoms with Gasteiger partial charge in [-0.1, -0.05) is 84.9 Å². The number of benzene rings is 5. The number of nitrogens with two attached hydrogens (primary N) is 2. The number of nitrogens with one attached hydrogen (secondary N) is 4. The highest BCUT2D eigenvalue weighted by atomic mass is 16.7. The fourth-order valence-electron chi connectivity index (χ4n) is 10.4. The maximum atomic E-state index is 14.1. The molecule has 5 aromatic rings. The quantitative estimate of drug-likeness (QED) is 0.0344. The van der Waals surface area contributed by atoms with Gasteiger partial charge in [-0.15, -0.1) is 0 Å². The molecule has 0 saturated carbocycles. The number of aliphatic hydroxyl groups excluding tert-OH is 2. The molecule has 1 heterocycles. The Morgan fingerprint density at radius 1 is 0.778 bits per heavy atom. The van der Waals surface area contributed by atoms with Crippen LogP contribution in [0.15, 0.2) is 103 Å². The Labute approximate surface area is 466 Å². The largest absolute Gasteiger partial charge is 0.507 e. The molecule has 5 aromatic carbocycles. The van der Waals surface area contributed by atoms with E-state index in [4.69, 9.17) is 30.4 Å². The molecule has 13 N–H and O–H groups in total. The van der Waals surface area contributed by atoms with Crippen molar-refractivity contribution < 1.29 is 78.0 Å². The first-order chi connectivity index (χ1) is 38.8. The van der Waals surface area contributed by atoms with E-state index < -0.39 is 138 Å². The average molecular weight is 1120 g/mol. The molecule has 7 unspecified atom stereocenters. The maximum absolute atomic E-state index is 14.1. The van der Waals surface area contributed by atoms with Crippen molar-refractivity contribution in [2.75, 3.05) is 25.6 Å². The van der Waals surface area contributed by atoms with Crippen LogP contribution >= 0.6 is 0 Å². The summed E-state index contributed by atoms with van der Waals surface area (Å²) >= 11 is 0. The Bertz CT molecular complexity index is 3140. The molecule has 9 atom stereocenters. The fourth-order valence-corrected chi connectivity index (χ4v) is 10.4. The molecule has 1 aliphatic heterocycles. The molecule has 0 radical (unpaired) electrons. The SMILES string of the molecule is COc1cccc2c1C(=O)c1c(O)c3c(c(O)c1C2=O)CC(O)(C(=O)CO)CC3OC1CC(NC(=O)OCc2ccc(NC(=O)C(CCCCN)NC(=O)[C@H](Cc3ccccc3)NC(=O)[C@H](N)Cc3ccccc3)cc2)C(O)C(C)O1. The van der Waals surface area contributed by atoms with Crippen molar-refractivity contribution >= 4 is 46.9 Å². The van der Waals surface area contributed by atoms with Crippen molar-refractivity contribution in [3.05, 3.63) is 153 Å². The molecular weight excluding hydrogens is 1050 g/mol. The van der Waals surface area contributed by atoms with E-state index in [0.29, 0.717) is 30.6 Å². The zero-order valence-electron chi connectivity index (χ0n) is 44.6. The first-order valence-corrected chi connectivity index (χ1v) is 26.5. The van der Waals surface area contributed by atoms with E-state index in [1.54, 1.807) is 24.3 Å². The Balaban J connectivity index is 0.906. The molecule has 428 valence electrons. The van der Waals surface area contributed by atoms with Gasteiger partial charge in [0.25, 0.3) is 0 Å². The van der Waals surface area contributed by atoms with E-state index in [-0.39, 0.29) is 60.3 Å². The summed E-state index contributed by atoms with van der Waals surface area (Å²) in [5.74, 6) is -5.95. The molecule has 0 bridgehead atoms. The van der Waals surface area contributed by atoms with Crippen molar-refractivity contribution in [2.45, 2.75) is 119 Å². The van der Waals surface area contributed by atoms with Gasteiger partial charge >= 0.3 is 6.09 Å². The molecule has 0 spiro atoms. The number of anilines is 1. The number of aromatic hydroxyl groups is 2. The molecular formula is C59H66N6O16. The summed E-state index contributed by atoms with van der Waals surface area (Å²) in [6, 6.07) is 24.8. The summed E-state index contributed by atoms with van der Waals surface area (Å²) < 4.78 is 23.1. The fraction of sp³-hybridized carbons (Fsp3) is 0.373. The third kappa shape index (κ3) is 13.4. The number of fused-ring (bicyclic) bond motifs is 3. The number of Topliss-reactive ketones (excluding diaryl/α,β-unsaturated/α-hetero) is 1. The monoisotopic (exact) mass is 1110 g/mol. The van der Waals surface area contributed by atoms with E-state index in [9.17, 15) is 59.1 Å². The van der Waals surface area contributed by atoms with Crippen LogP contribution in [0, 0.1) is 0 Å². The summed E-state index contributed by atoms with van der Waals surface area (Å²) in [5.41, 5.74) is 10.2. The van der Waals surface area contributed by atoms with Gasteiger partial charge in [0.05, 0.1) is 48.1 Å². The van der Waals surface area contributed by atoms with Gasteiger partial charge in [0.1, 0.15) is 54.3 Å². The number of ether oxygens (including phenoxy) is 4. The number of phenolic OH excluding ortho intramolecular Hbond substituents is 2. The lowest BCUT2D eigenvalue weighted by Crippen LogP contribution is -2.56. The van der Waals surface area contributed by atoms with Crippen LogP contribution < -0.4 is 37.5 Å². The number of methoxy groups -OCH3 is 1. The normalized spacial score (nSPS) is 21.2. The highest BCUT2D eigenvalue weighted by molar-refractivity contribution is 6.31. The molecule has 1 fully saturated rings. The Kier molecular flexibility index (Phi) is 19.0. The molecule has 2 aliphatic carbocycles.